The molecule has 1 heterocycles. The average Bonchev–Trinajstić information content (AvgIpc) is 2.38. The third-order valence-corrected chi connectivity index (χ3v) is 2.77. The zero-order chi connectivity index (χ0) is 13.1. The van der Waals surface area contributed by atoms with Crippen molar-refractivity contribution >= 4 is 11.5 Å². The highest BCUT2D eigenvalue weighted by atomic mass is 16.1. The molecule has 0 aliphatic heterocycles. The van der Waals surface area contributed by atoms with E-state index < -0.39 is 0 Å². The van der Waals surface area contributed by atoms with Gasteiger partial charge < -0.3 is 10.7 Å². The maximum Gasteiger partial charge on any atom is 0.248 e. The Labute approximate surface area is 104 Å². The van der Waals surface area contributed by atoms with Gasteiger partial charge >= 0.3 is 0 Å². The van der Waals surface area contributed by atoms with Gasteiger partial charge in [0.25, 0.3) is 0 Å². The van der Waals surface area contributed by atoms with E-state index in [-0.39, 0.29) is 11.3 Å². The molecule has 3 N–H and O–H groups in total. The highest BCUT2D eigenvalue weighted by Gasteiger charge is 2.13. The third kappa shape index (κ3) is 2.32. The molecule has 0 fully saturated rings. The summed E-state index contributed by atoms with van der Waals surface area (Å²) in [5.41, 5.74) is 7.75. The van der Waals surface area contributed by atoms with E-state index in [9.17, 15) is 9.59 Å². The van der Waals surface area contributed by atoms with Crippen molar-refractivity contribution in [3.63, 3.8) is 0 Å². The number of nitrogens with one attached hydrogen (secondary N) is 1. The topological polar surface area (TPSA) is 76.0 Å². The molecular formula is C14H14N2O2. The second-order valence-electron chi connectivity index (χ2n) is 4.02. The molecule has 2 rings (SSSR count). The van der Waals surface area contributed by atoms with E-state index >= 15 is 0 Å². The number of nitrogen functional groups attached to an aromatic ring is 1. The lowest BCUT2D eigenvalue weighted by Gasteiger charge is -2.06. The van der Waals surface area contributed by atoms with Gasteiger partial charge in [0.2, 0.25) is 5.56 Å². The van der Waals surface area contributed by atoms with Crippen LogP contribution in [-0.4, -0.2) is 10.8 Å². The summed E-state index contributed by atoms with van der Waals surface area (Å²) in [6, 6.07) is 9.67. The van der Waals surface area contributed by atoms with Gasteiger partial charge in [-0.2, -0.15) is 0 Å². The van der Waals surface area contributed by atoms with Crippen LogP contribution < -0.4 is 11.3 Å². The number of anilines is 1. The minimum Gasteiger partial charge on any atom is -0.399 e. The summed E-state index contributed by atoms with van der Waals surface area (Å²) in [6.45, 7) is 1.89. The zero-order valence-electron chi connectivity index (χ0n) is 10.1. The molecule has 0 saturated carbocycles. The molecule has 1 aromatic heterocycles. The summed E-state index contributed by atoms with van der Waals surface area (Å²) in [5, 5.41) is 0. The summed E-state index contributed by atoms with van der Waals surface area (Å²) in [7, 11) is 0. The third-order valence-electron chi connectivity index (χ3n) is 2.77. The molecule has 0 aliphatic carbocycles. The molecule has 4 nitrogen and oxygen atoms in total. The number of ketones is 1. The Balaban J connectivity index is 2.45. The maximum atomic E-state index is 12.3. The van der Waals surface area contributed by atoms with Gasteiger partial charge in [-0.1, -0.05) is 6.92 Å². The van der Waals surface area contributed by atoms with Gasteiger partial charge in [-0.05, 0) is 36.8 Å². The lowest BCUT2D eigenvalue weighted by molar-refractivity contribution is 0.103. The number of H-pyrrole nitrogens is 1. The number of carbonyl (C=O) groups is 1. The van der Waals surface area contributed by atoms with Gasteiger partial charge in [0, 0.05) is 28.6 Å². The fourth-order valence-electron chi connectivity index (χ4n) is 1.80. The molecule has 0 radical (unpaired) electrons. The van der Waals surface area contributed by atoms with E-state index in [4.69, 9.17) is 5.73 Å². The van der Waals surface area contributed by atoms with Crippen LogP contribution in [0.1, 0.15) is 28.5 Å². The Kier molecular flexibility index (Phi) is 3.28. The summed E-state index contributed by atoms with van der Waals surface area (Å²) < 4.78 is 0. The average molecular weight is 242 g/mol. The minimum atomic E-state index is -0.194. The summed E-state index contributed by atoms with van der Waals surface area (Å²) in [4.78, 5) is 26.2. The van der Waals surface area contributed by atoms with Crippen molar-refractivity contribution in [2.24, 2.45) is 0 Å². The van der Waals surface area contributed by atoms with E-state index in [1.165, 1.54) is 6.07 Å². The van der Waals surface area contributed by atoms with Crippen LogP contribution in [0.5, 0.6) is 0 Å². The number of hydrogen-bond donors (Lipinski definition) is 2. The fourth-order valence-corrected chi connectivity index (χ4v) is 1.80. The van der Waals surface area contributed by atoms with Gasteiger partial charge in [-0.15, -0.1) is 0 Å². The standard InChI is InChI=1S/C14H14N2O2/c1-2-12-11(7-8-13(17)16-12)14(18)9-3-5-10(15)6-4-9/h3-8H,2,15H2,1H3,(H,16,17). The first kappa shape index (κ1) is 12.1. The molecule has 2 aromatic rings. The smallest absolute Gasteiger partial charge is 0.248 e. The molecule has 0 saturated heterocycles. The highest BCUT2D eigenvalue weighted by molar-refractivity contribution is 6.09. The number of carbonyl (C=O) groups excluding carboxylic acids is 1. The van der Waals surface area contributed by atoms with Crippen molar-refractivity contribution in [3.8, 4) is 0 Å². The van der Waals surface area contributed by atoms with Crippen LogP contribution in [0.15, 0.2) is 41.2 Å². The van der Waals surface area contributed by atoms with E-state index in [0.717, 1.165) is 0 Å². The van der Waals surface area contributed by atoms with Crippen molar-refractivity contribution in [1.29, 1.82) is 0 Å². The number of aryl methyl sites for hydroxylation is 1. The molecule has 4 heteroatoms. The number of pyridine rings is 1. The van der Waals surface area contributed by atoms with Crippen LogP contribution in [0, 0.1) is 0 Å². The predicted molar refractivity (Wildman–Crippen MR) is 70.7 cm³/mol. The van der Waals surface area contributed by atoms with Crippen LogP contribution >= 0.6 is 0 Å². The number of aromatic amines is 1. The van der Waals surface area contributed by atoms with Crippen molar-refractivity contribution in [2.75, 3.05) is 5.73 Å². The van der Waals surface area contributed by atoms with E-state index in [2.05, 4.69) is 4.98 Å². The number of aromatic nitrogens is 1. The van der Waals surface area contributed by atoms with Crippen LogP contribution in [-0.2, 0) is 6.42 Å². The lowest BCUT2D eigenvalue weighted by atomic mass is 10.0. The molecule has 18 heavy (non-hydrogen) atoms. The minimum absolute atomic E-state index is 0.108. The molecule has 0 amide bonds. The van der Waals surface area contributed by atoms with Crippen molar-refractivity contribution in [3.05, 3.63) is 63.6 Å². The Morgan fingerprint density at radius 1 is 1.17 bits per heavy atom. The van der Waals surface area contributed by atoms with Crippen LogP contribution in [0.4, 0.5) is 5.69 Å². The summed E-state index contributed by atoms with van der Waals surface area (Å²) >= 11 is 0. The predicted octanol–water partition coefficient (Wildman–Crippen LogP) is 1.75. The largest absolute Gasteiger partial charge is 0.399 e. The first-order chi connectivity index (χ1) is 8.61. The van der Waals surface area contributed by atoms with Gasteiger partial charge in [0.1, 0.15) is 0 Å². The van der Waals surface area contributed by atoms with E-state index in [1.807, 2.05) is 6.92 Å². The lowest BCUT2D eigenvalue weighted by Crippen LogP contribution is -2.13. The Morgan fingerprint density at radius 2 is 1.83 bits per heavy atom. The van der Waals surface area contributed by atoms with Crippen LogP contribution in [0.25, 0.3) is 0 Å². The summed E-state index contributed by atoms with van der Waals surface area (Å²) in [6.07, 6.45) is 0.603. The second kappa shape index (κ2) is 4.87. The zero-order valence-corrected chi connectivity index (χ0v) is 10.1. The number of nitrogens with two attached hydrogens (primary N) is 1. The number of hydrogen-bond acceptors (Lipinski definition) is 3. The van der Waals surface area contributed by atoms with E-state index in [0.29, 0.717) is 28.9 Å². The molecule has 0 aliphatic rings. The number of rotatable bonds is 3. The van der Waals surface area contributed by atoms with Gasteiger partial charge in [-0.25, -0.2) is 0 Å². The highest BCUT2D eigenvalue weighted by Crippen LogP contribution is 2.13. The molecule has 1 aromatic carbocycles. The number of benzene rings is 1. The Bertz CT molecular complexity index is 627. The quantitative estimate of drug-likeness (QED) is 0.636. The molecule has 0 atom stereocenters. The SMILES string of the molecule is CCc1[nH]c(=O)ccc1C(=O)c1ccc(N)cc1. The first-order valence-corrected chi connectivity index (χ1v) is 5.74. The molecule has 0 spiro atoms. The van der Waals surface area contributed by atoms with E-state index in [1.54, 1.807) is 30.3 Å². The molecule has 0 unspecified atom stereocenters. The van der Waals surface area contributed by atoms with Crippen molar-refractivity contribution in [2.45, 2.75) is 13.3 Å². The summed E-state index contributed by atoms with van der Waals surface area (Å²) in [5.74, 6) is -0.108. The van der Waals surface area contributed by atoms with Gasteiger partial charge in [0.05, 0.1) is 0 Å². The normalized spacial score (nSPS) is 10.3. The van der Waals surface area contributed by atoms with Crippen LogP contribution in [0.2, 0.25) is 0 Å². The Morgan fingerprint density at radius 3 is 2.44 bits per heavy atom. The van der Waals surface area contributed by atoms with Crippen molar-refractivity contribution < 1.29 is 4.79 Å². The van der Waals surface area contributed by atoms with Crippen LogP contribution in [0.3, 0.4) is 0 Å². The van der Waals surface area contributed by atoms with Gasteiger partial charge in [-0.3, -0.25) is 9.59 Å². The maximum absolute atomic E-state index is 12.3. The van der Waals surface area contributed by atoms with Crippen molar-refractivity contribution in [1.82, 2.24) is 4.98 Å². The molecule has 0 bridgehead atoms. The second-order valence-corrected chi connectivity index (χ2v) is 4.02. The fraction of sp³-hybridized carbons (Fsp3) is 0.143. The van der Waals surface area contributed by atoms with Gasteiger partial charge in [0.15, 0.2) is 5.78 Å². The first-order valence-electron chi connectivity index (χ1n) is 5.74. The molecular weight excluding hydrogens is 228 g/mol. The Hall–Kier alpha value is -2.36. The molecule has 92 valence electrons. The monoisotopic (exact) mass is 242 g/mol.